The first-order valence-corrected chi connectivity index (χ1v) is 8.87. The fourth-order valence-corrected chi connectivity index (χ4v) is 2.33. The van der Waals surface area contributed by atoms with E-state index in [0.29, 0.717) is 13.1 Å². The number of hydrogen-bond acceptors (Lipinski definition) is 3. The number of Topliss-reactive ketones (excluding diaryl/α,β-unsaturated/α-hetero) is 1. The summed E-state index contributed by atoms with van der Waals surface area (Å²) in [5, 5.41) is 0. The average Bonchev–Trinajstić information content (AvgIpc) is 2.60. The van der Waals surface area contributed by atoms with Crippen molar-refractivity contribution in [3.8, 4) is 0 Å². The number of nitrogens with zero attached hydrogens (tertiary/aromatic N) is 1. The first kappa shape index (κ1) is 22.0. The van der Waals surface area contributed by atoms with E-state index in [-0.39, 0.29) is 5.56 Å². The third-order valence-electron chi connectivity index (χ3n) is 3.96. The van der Waals surface area contributed by atoms with Gasteiger partial charge in [0.15, 0.2) is 6.10 Å². The summed E-state index contributed by atoms with van der Waals surface area (Å²) >= 11 is 0. The van der Waals surface area contributed by atoms with Crippen molar-refractivity contribution < 1.29 is 27.5 Å². The third-order valence-corrected chi connectivity index (χ3v) is 3.96. The molecule has 0 heterocycles. The molecule has 4 nitrogen and oxygen atoms in total. The van der Waals surface area contributed by atoms with E-state index in [1.165, 1.54) is 6.92 Å². The van der Waals surface area contributed by atoms with Gasteiger partial charge in [-0.2, -0.15) is 13.2 Å². The highest BCUT2D eigenvalue weighted by Crippen LogP contribution is 2.29. The Hall–Kier alpha value is -2.05. The van der Waals surface area contributed by atoms with Crippen molar-refractivity contribution >= 4 is 11.9 Å². The van der Waals surface area contributed by atoms with Crippen molar-refractivity contribution in [2.45, 2.75) is 58.7 Å². The Morgan fingerprint density at radius 2 is 1.54 bits per heavy atom. The summed E-state index contributed by atoms with van der Waals surface area (Å²) in [5.74, 6) is -0.530. The lowest BCUT2D eigenvalue weighted by atomic mass is 10.0. The largest absolute Gasteiger partial charge is 0.438 e. The molecular weight excluding hydrogens is 347 g/mol. The predicted molar refractivity (Wildman–Crippen MR) is 93.1 cm³/mol. The number of benzene rings is 1. The van der Waals surface area contributed by atoms with Crippen LogP contribution in [0.2, 0.25) is 0 Å². The number of carbonyl (C=O) groups excluding carboxylic acids is 2. The first-order valence-electron chi connectivity index (χ1n) is 8.87. The molecule has 0 saturated heterocycles. The molecule has 1 unspecified atom stereocenters. The van der Waals surface area contributed by atoms with Crippen molar-refractivity contribution in [1.82, 2.24) is 4.90 Å². The number of hydrogen-bond donors (Lipinski definition) is 0. The van der Waals surface area contributed by atoms with Gasteiger partial charge < -0.3 is 9.64 Å². The molecule has 0 saturated carbocycles. The minimum absolute atomic E-state index is 0.0759. The Balaban J connectivity index is 2.73. The molecule has 1 atom stereocenters. The zero-order valence-electron chi connectivity index (χ0n) is 15.4. The maximum Gasteiger partial charge on any atom is 0.416 e. The normalized spacial score (nSPS) is 12.5. The van der Waals surface area contributed by atoms with Gasteiger partial charge in [0.2, 0.25) is 5.78 Å². The molecule has 0 fully saturated rings. The average molecular weight is 373 g/mol. The highest BCUT2D eigenvalue weighted by Gasteiger charge is 2.30. The lowest BCUT2D eigenvalue weighted by Gasteiger charge is -2.23. The van der Waals surface area contributed by atoms with Crippen LogP contribution in [0.1, 0.15) is 62.4 Å². The molecule has 0 aliphatic rings. The van der Waals surface area contributed by atoms with Crippen LogP contribution in [0.4, 0.5) is 18.0 Å². The van der Waals surface area contributed by atoms with Gasteiger partial charge in [-0.3, -0.25) is 4.79 Å². The Morgan fingerprint density at radius 3 is 1.96 bits per heavy atom. The van der Waals surface area contributed by atoms with Gasteiger partial charge in [-0.05, 0) is 31.9 Å². The highest BCUT2D eigenvalue weighted by atomic mass is 19.4. The van der Waals surface area contributed by atoms with Crippen molar-refractivity contribution in [2.75, 3.05) is 13.1 Å². The standard InChI is InChI=1S/C19H26F3NO3/c1-4-6-12-23(13-7-5-2)18(25)26-14(3)17(24)15-8-10-16(11-9-15)19(20,21)22/h8-11,14H,4-7,12-13H2,1-3H3. The molecule has 0 radical (unpaired) electrons. The van der Waals surface area contributed by atoms with Gasteiger partial charge in [-0.15, -0.1) is 0 Å². The number of carbonyl (C=O) groups is 2. The number of alkyl halides is 3. The van der Waals surface area contributed by atoms with Gasteiger partial charge in [0.25, 0.3) is 0 Å². The zero-order chi connectivity index (χ0) is 19.7. The maximum atomic E-state index is 12.6. The van der Waals surface area contributed by atoms with E-state index in [2.05, 4.69) is 0 Å². The van der Waals surface area contributed by atoms with E-state index < -0.39 is 29.7 Å². The monoisotopic (exact) mass is 373 g/mol. The molecule has 0 aromatic heterocycles. The van der Waals surface area contributed by atoms with Crippen LogP contribution in [0.15, 0.2) is 24.3 Å². The second-order valence-corrected chi connectivity index (χ2v) is 6.16. The van der Waals surface area contributed by atoms with E-state index in [1.807, 2.05) is 13.8 Å². The first-order chi connectivity index (χ1) is 12.2. The van der Waals surface area contributed by atoms with E-state index in [4.69, 9.17) is 4.74 Å². The topological polar surface area (TPSA) is 46.6 Å². The van der Waals surface area contributed by atoms with Gasteiger partial charge in [0.05, 0.1) is 5.56 Å². The third kappa shape index (κ3) is 6.69. The van der Waals surface area contributed by atoms with Crippen LogP contribution in [0.3, 0.4) is 0 Å². The summed E-state index contributed by atoms with van der Waals surface area (Å²) in [6, 6.07) is 3.88. The SMILES string of the molecule is CCCCN(CCCC)C(=O)OC(C)C(=O)c1ccc(C(F)(F)F)cc1. The van der Waals surface area contributed by atoms with Crippen molar-refractivity contribution in [3.63, 3.8) is 0 Å². The molecule has 1 aromatic rings. The second-order valence-electron chi connectivity index (χ2n) is 6.16. The van der Waals surface area contributed by atoms with Crippen molar-refractivity contribution in [2.24, 2.45) is 0 Å². The minimum Gasteiger partial charge on any atom is -0.438 e. The predicted octanol–water partition coefficient (Wildman–Crippen LogP) is 5.32. The summed E-state index contributed by atoms with van der Waals surface area (Å²) < 4.78 is 43.0. The summed E-state index contributed by atoms with van der Waals surface area (Å²) in [4.78, 5) is 26.2. The maximum absolute atomic E-state index is 12.6. The van der Waals surface area contributed by atoms with E-state index in [1.54, 1.807) is 4.90 Å². The van der Waals surface area contributed by atoms with E-state index >= 15 is 0 Å². The fraction of sp³-hybridized carbons (Fsp3) is 0.579. The number of rotatable bonds is 9. The Kier molecular flexibility index (Phi) is 8.61. The lowest BCUT2D eigenvalue weighted by Crippen LogP contribution is -2.37. The second kappa shape index (κ2) is 10.2. The van der Waals surface area contributed by atoms with Gasteiger partial charge in [-0.25, -0.2) is 4.79 Å². The molecule has 0 bridgehead atoms. The minimum atomic E-state index is -4.46. The quantitative estimate of drug-likeness (QED) is 0.551. The van der Waals surface area contributed by atoms with Gasteiger partial charge >= 0.3 is 12.3 Å². The smallest absolute Gasteiger partial charge is 0.416 e. The van der Waals surface area contributed by atoms with Crippen molar-refractivity contribution in [3.05, 3.63) is 35.4 Å². The van der Waals surface area contributed by atoms with Crippen LogP contribution < -0.4 is 0 Å². The molecular formula is C19H26F3NO3. The van der Waals surface area contributed by atoms with Crippen LogP contribution in [0.25, 0.3) is 0 Å². The zero-order valence-corrected chi connectivity index (χ0v) is 15.4. The fourth-order valence-electron chi connectivity index (χ4n) is 2.33. The van der Waals surface area contributed by atoms with Gasteiger partial charge in [-0.1, -0.05) is 38.8 Å². The number of ketones is 1. The number of unbranched alkanes of at least 4 members (excludes halogenated alkanes) is 2. The van der Waals surface area contributed by atoms with Gasteiger partial charge in [0, 0.05) is 18.7 Å². The van der Waals surface area contributed by atoms with Gasteiger partial charge in [0.1, 0.15) is 0 Å². The summed E-state index contributed by atoms with van der Waals surface area (Å²) in [5.41, 5.74) is -0.754. The van der Waals surface area contributed by atoms with Crippen LogP contribution in [-0.2, 0) is 10.9 Å². The molecule has 1 rings (SSSR count). The summed E-state index contributed by atoms with van der Waals surface area (Å²) in [7, 11) is 0. The summed E-state index contributed by atoms with van der Waals surface area (Å²) in [6.07, 6.45) is -2.57. The Bertz CT molecular complexity index is 577. The summed E-state index contributed by atoms with van der Waals surface area (Å²) in [6.45, 7) is 6.56. The van der Waals surface area contributed by atoms with Crippen LogP contribution in [-0.4, -0.2) is 36.0 Å². The highest BCUT2D eigenvalue weighted by molar-refractivity contribution is 6.00. The molecule has 1 aromatic carbocycles. The van der Waals surface area contributed by atoms with E-state index in [9.17, 15) is 22.8 Å². The molecule has 0 aliphatic heterocycles. The van der Waals surface area contributed by atoms with Crippen molar-refractivity contribution in [1.29, 1.82) is 0 Å². The molecule has 7 heteroatoms. The van der Waals surface area contributed by atoms with Crippen LogP contribution in [0.5, 0.6) is 0 Å². The Morgan fingerprint density at radius 1 is 1.04 bits per heavy atom. The Labute approximate surface area is 152 Å². The number of halogens is 3. The lowest BCUT2D eigenvalue weighted by molar-refractivity contribution is -0.137. The molecule has 146 valence electrons. The molecule has 26 heavy (non-hydrogen) atoms. The number of amides is 1. The molecule has 0 spiro atoms. The van der Waals surface area contributed by atoms with Crippen LogP contribution in [0, 0.1) is 0 Å². The van der Waals surface area contributed by atoms with E-state index in [0.717, 1.165) is 49.9 Å². The molecule has 0 N–H and O–H groups in total. The number of ether oxygens (including phenoxy) is 1. The molecule has 1 amide bonds. The molecule has 0 aliphatic carbocycles. The van der Waals surface area contributed by atoms with Crippen LogP contribution >= 0.6 is 0 Å².